The molecule has 3 saturated heterocycles. The molecule has 9 rings (SSSR count). The fraction of sp³-hybridized carbons (Fsp3) is 0.333. The number of benzene rings is 3. The monoisotopic (exact) mass is 766 g/mol. The van der Waals surface area contributed by atoms with Crippen LogP contribution >= 0.6 is 0 Å². The van der Waals surface area contributed by atoms with Gasteiger partial charge in [-0.05, 0) is 86.1 Å². The van der Waals surface area contributed by atoms with E-state index in [1.807, 2.05) is 35.0 Å². The SMILES string of the molecule is Cc1cccc(C)c1Nc1nn(C)c2nc(Nc3ccc(C4CCN(C(=O)C5CN(c6ccc7c(c6)C(=O)N(C6CCC(=O)NC6=O)C7=O)C5)CC4)cc3)ncc12. The number of hydrogen-bond acceptors (Lipinski definition) is 11. The summed E-state index contributed by atoms with van der Waals surface area (Å²) in [5.41, 5.74) is 7.34. The van der Waals surface area contributed by atoms with Crippen molar-refractivity contribution in [1.29, 1.82) is 0 Å². The molecule has 6 heterocycles. The molecule has 1 unspecified atom stereocenters. The van der Waals surface area contributed by atoms with E-state index in [1.54, 1.807) is 29.1 Å². The van der Waals surface area contributed by atoms with Gasteiger partial charge in [-0.1, -0.05) is 30.3 Å². The molecule has 290 valence electrons. The van der Waals surface area contributed by atoms with Crippen LogP contribution in [0.1, 0.15) is 69.0 Å². The lowest BCUT2D eigenvalue weighted by atomic mass is 9.88. The lowest BCUT2D eigenvalue weighted by molar-refractivity contribution is -0.138. The smallest absolute Gasteiger partial charge is 0.262 e. The summed E-state index contributed by atoms with van der Waals surface area (Å²) in [6.07, 6.45) is 3.71. The van der Waals surface area contributed by atoms with Crippen LogP contribution < -0.4 is 20.9 Å². The second-order valence-corrected chi connectivity index (χ2v) is 15.4. The Bertz CT molecular complexity index is 2460. The number of aryl methyl sites for hydroxylation is 3. The van der Waals surface area contributed by atoms with Gasteiger partial charge in [0.2, 0.25) is 23.7 Å². The van der Waals surface area contributed by atoms with Crippen molar-refractivity contribution >= 4 is 69.4 Å². The first-order valence-electron chi connectivity index (χ1n) is 19.3. The van der Waals surface area contributed by atoms with Crippen LogP contribution in [-0.4, -0.2) is 91.3 Å². The van der Waals surface area contributed by atoms with Gasteiger partial charge in [-0.15, -0.1) is 0 Å². The van der Waals surface area contributed by atoms with E-state index >= 15 is 0 Å². The van der Waals surface area contributed by atoms with Gasteiger partial charge in [0.05, 0.1) is 22.4 Å². The van der Waals surface area contributed by atoms with Gasteiger partial charge in [-0.25, -0.2) is 9.67 Å². The molecule has 0 spiro atoms. The maximum absolute atomic E-state index is 13.5. The molecule has 3 fully saturated rings. The van der Waals surface area contributed by atoms with Crippen LogP contribution in [0.3, 0.4) is 0 Å². The van der Waals surface area contributed by atoms with Gasteiger partial charge in [-0.2, -0.15) is 10.1 Å². The third-order valence-electron chi connectivity index (χ3n) is 11.8. The van der Waals surface area contributed by atoms with Crippen molar-refractivity contribution in [2.75, 3.05) is 41.7 Å². The van der Waals surface area contributed by atoms with Crippen molar-refractivity contribution in [3.8, 4) is 0 Å². The summed E-state index contributed by atoms with van der Waals surface area (Å²) in [7, 11) is 1.87. The zero-order valence-corrected chi connectivity index (χ0v) is 31.9. The first-order valence-corrected chi connectivity index (χ1v) is 19.3. The number of nitrogens with one attached hydrogen (secondary N) is 3. The molecule has 4 aliphatic heterocycles. The highest BCUT2D eigenvalue weighted by molar-refractivity contribution is 6.23. The van der Waals surface area contributed by atoms with E-state index in [0.29, 0.717) is 49.5 Å². The minimum Gasteiger partial charge on any atom is -0.370 e. The van der Waals surface area contributed by atoms with Gasteiger partial charge in [0, 0.05) is 62.9 Å². The Balaban J connectivity index is 0.769. The molecule has 15 heteroatoms. The van der Waals surface area contributed by atoms with Crippen LogP contribution in [0.5, 0.6) is 0 Å². The molecule has 0 saturated carbocycles. The Morgan fingerprint density at radius 2 is 1.58 bits per heavy atom. The number of anilines is 5. The van der Waals surface area contributed by atoms with Crippen LogP contribution in [-0.2, 0) is 21.4 Å². The van der Waals surface area contributed by atoms with E-state index < -0.39 is 29.7 Å². The molecule has 2 aromatic heterocycles. The molecular weight excluding hydrogens is 725 g/mol. The molecule has 15 nitrogen and oxygen atoms in total. The number of aromatic nitrogens is 4. The standard InChI is InChI=1S/C42H42N10O5/c1-23-5-4-6-24(2)35(23)46-36-32-20-43-42(47-37(32)49(3)48-36)44-28-9-7-25(8-10-28)26-15-17-50(18-16-26)39(55)27-21-51(22-27)29-11-12-30-31(19-29)41(57)52(40(30)56)33-13-14-34(53)45-38(33)54/h4-12,19-20,26-27,33H,13-18,21-22H2,1-3H3,(H,46,48)(H,43,44,47)(H,45,53,54). The highest BCUT2D eigenvalue weighted by Crippen LogP contribution is 2.35. The van der Waals surface area contributed by atoms with Crippen LogP contribution in [0.15, 0.2) is 66.9 Å². The number of rotatable bonds is 8. The first kappa shape index (κ1) is 36.0. The summed E-state index contributed by atoms with van der Waals surface area (Å²) in [5, 5.41) is 14.5. The summed E-state index contributed by atoms with van der Waals surface area (Å²) >= 11 is 0. The van der Waals surface area contributed by atoms with Crippen LogP contribution in [0.2, 0.25) is 0 Å². The second kappa shape index (κ2) is 14.1. The number of imide groups is 2. The van der Waals surface area contributed by atoms with Crippen LogP contribution in [0.25, 0.3) is 11.0 Å². The summed E-state index contributed by atoms with van der Waals surface area (Å²) in [6.45, 7) is 6.55. The van der Waals surface area contributed by atoms with E-state index in [2.05, 4.69) is 64.1 Å². The number of hydrogen-bond donors (Lipinski definition) is 3. The number of fused-ring (bicyclic) bond motifs is 2. The maximum Gasteiger partial charge on any atom is 0.262 e. The number of nitrogens with zero attached hydrogens (tertiary/aromatic N) is 7. The predicted molar refractivity (Wildman–Crippen MR) is 213 cm³/mol. The van der Waals surface area contributed by atoms with Gasteiger partial charge in [0.25, 0.3) is 11.8 Å². The molecule has 1 atom stereocenters. The highest BCUT2D eigenvalue weighted by atomic mass is 16.2. The van der Waals surface area contributed by atoms with E-state index in [9.17, 15) is 24.0 Å². The van der Waals surface area contributed by atoms with Gasteiger partial charge in [-0.3, -0.25) is 34.2 Å². The minimum atomic E-state index is -1.01. The quantitative estimate of drug-likeness (QED) is 0.187. The van der Waals surface area contributed by atoms with Gasteiger partial charge in [0.15, 0.2) is 11.5 Å². The van der Waals surface area contributed by atoms with Crippen molar-refractivity contribution < 1.29 is 24.0 Å². The van der Waals surface area contributed by atoms with Crippen molar-refractivity contribution in [2.45, 2.75) is 51.5 Å². The van der Waals surface area contributed by atoms with Crippen molar-refractivity contribution in [1.82, 2.24) is 34.9 Å². The topological polar surface area (TPSA) is 175 Å². The maximum atomic E-state index is 13.5. The molecule has 3 aromatic carbocycles. The Labute approximate surface area is 328 Å². The molecule has 0 radical (unpaired) electrons. The molecule has 5 aromatic rings. The van der Waals surface area contributed by atoms with Gasteiger partial charge < -0.3 is 20.4 Å². The summed E-state index contributed by atoms with van der Waals surface area (Å²) in [5.74, 6) is -0.598. The lowest BCUT2D eigenvalue weighted by Crippen LogP contribution is -2.55. The van der Waals surface area contributed by atoms with Gasteiger partial charge >= 0.3 is 0 Å². The Hall–Kier alpha value is -6.64. The predicted octanol–water partition coefficient (Wildman–Crippen LogP) is 4.71. The van der Waals surface area contributed by atoms with Gasteiger partial charge in [0.1, 0.15) is 6.04 Å². The first-order chi connectivity index (χ1) is 27.5. The molecule has 3 N–H and O–H groups in total. The van der Waals surface area contributed by atoms with E-state index in [0.717, 1.165) is 51.3 Å². The average Bonchev–Trinajstić information content (AvgIpc) is 3.63. The number of piperidine rings is 2. The van der Waals surface area contributed by atoms with Crippen molar-refractivity contribution in [3.05, 3.63) is 94.7 Å². The molecular formula is C42H42N10O5. The third kappa shape index (κ3) is 6.51. The van der Waals surface area contributed by atoms with Crippen LogP contribution in [0, 0.1) is 19.8 Å². The van der Waals surface area contributed by atoms with Crippen molar-refractivity contribution in [2.24, 2.45) is 13.0 Å². The Morgan fingerprint density at radius 3 is 2.30 bits per heavy atom. The van der Waals surface area contributed by atoms with E-state index in [4.69, 9.17) is 4.98 Å². The minimum absolute atomic E-state index is 0.0679. The molecule has 4 aliphatic rings. The molecule has 5 amide bonds. The summed E-state index contributed by atoms with van der Waals surface area (Å²) in [4.78, 5) is 78.1. The third-order valence-corrected chi connectivity index (χ3v) is 11.8. The molecule has 0 aliphatic carbocycles. The number of para-hydroxylation sites is 1. The average molecular weight is 767 g/mol. The van der Waals surface area contributed by atoms with Crippen molar-refractivity contribution in [3.63, 3.8) is 0 Å². The second-order valence-electron chi connectivity index (χ2n) is 15.4. The number of carbonyl (C=O) groups is 5. The molecule has 57 heavy (non-hydrogen) atoms. The number of carbonyl (C=O) groups excluding carboxylic acids is 5. The normalized spacial score (nSPS) is 18.9. The van der Waals surface area contributed by atoms with Crippen LogP contribution in [0.4, 0.5) is 28.8 Å². The zero-order chi connectivity index (χ0) is 39.5. The summed E-state index contributed by atoms with van der Waals surface area (Å²) < 4.78 is 1.75. The molecule has 0 bridgehead atoms. The fourth-order valence-corrected chi connectivity index (χ4v) is 8.48. The largest absolute Gasteiger partial charge is 0.370 e. The fourth-order valence-electron chi connectivity index (χ4n) is 8.48. The lowest BCUT2D eigenvalue weighted by Gasteiger charge is -2.43. The zero-order valence-electron chi connectivity index (χ0n) is 31.9. The highest BCUT2D eigenvalue weighted by Gasteiger charge is 2.45. The number of likely N-dealkylation sites (tertiary alicyclic amines) is 1. The van der Waals surface area contributed by atoms with E-state index in [-0.39, 0.29) is 35.8 Å². The summed E-state index contributed by atoms with van der Waals surface area (Å²) in [6, 6.07) is 18.5. The Morgan fingerprint density at radius 1 is 0.860 bits per heavy atom. The van der Waals surface area contributed by atoms with E-state index in [1.165, 1.54) is 5.56 Å². The Kier molecular flexibility index (Phi) is 8.94. The number of amides is 5.